The molecule has 0 spiro atoms. The SMILES string of the molecule is CC[Si]1(CC)c2ccc(-c3ccccc3)cc2B2c3ccc(N4C5=C(CCCC5)N(c5ccccc5)c5ccccc54)cc3[Se]c3cccc1c32. The van der Waals surface area contributed by atoms with Gasteiger partial charge >= 0.3 is 312 Å². The molecular formula is C46H41BN2SeSi. The summed E-state index contributed by atoms with van der Waals surface area (Å²) in [5, 5.41) is 3.36. The summed E-state index contributed by atoms with van der Waals surface area (Å²) in [6, 6.07) is 56.0. The average molecular weight is 740 g/mol. The summed E-state index contributed by atoms with van der Waals surface area (Å²) in [4.78, 5) is 5.17. The second-order valence-corrected chi connectivity index (χ2v) is 21.5. The van der Waals surface area contributed by atoms with Crippen molar-refractivity contribution in [1.82, 2.24) is 0 Å². The van der Waals surface area contributed by atoms with Crippen LogP contribution in [0.15, 0.2) is 151 Å². The second kappa shape index (κ2) is 12.3. The quantitative estimate of drug-likeness (QED) is 0.179. The molecule has 0 atom stereocenters. The van der Waals surface area contributed by atoms with Crippen molar-refractivity contribution in [2.45, 2.75) is 51.6 Å². The number of fused-ring (bicyclic) bond motifs is 5. The van der Waals surface area contributed by atoms with Crippen molar-refractivity contribution in [3.05, 3.63) is 151 Å². The summed E-state index contributed by atoms with van der Waals surface area (Å²) in [5.74, 6) is 0. The number of hydrogen-bond acceptors (Lipinski definition) is 2. The summed E-state index contributed by atoms with van der Waals surface area (Å²) >= 11 is 0.235. The molecule has 0 unspecified atom stereocenters. The maximum atomic E-state index is 2.62. The van der Waals surface area contributed by atoms with E-state index in [0.717, 1.165) is 12.8 Å². The third-order valence-corrected chi connectivity index (χ3v) is 20.0. The Kier molecular flexibility index (Phi) is 7.53. The van der Waals surface area contributed by atoms with Crippen LogP contribution in [0, 0.1) is 0 Å². The third kappa shape index (κ3) is 4.68. The van der Waals surface area contributed by atoms with Crippen LogP contribution in [-0.4, -0.2) is 29.7 Å². The molecule has 0 bridgehead atoms. The molecule has 51 heavy (non-hydrogen) atoms. The Morgan fingerprint density at radius 2 is 1.22 bits per heavy atom. The monoisotopic (exact) mass is 740 g/mol. The molecule has 6 aromatic rings. The summed E-state index contributed by atoms with van der Waals surface area (Å²) < 4.78 is 3.13. The predicted octanol–water partition coefficient (Wildman–Crippen LogP) is 6.83. The summed E-state index contributed by atoms with van der Waals surface area (Å²) in [5.41, 5.74) is 15.4. The topological polar surface area (TPSA) is 6.48 Å². The van der Waals surface area contributed by atoms with Gasteiger partial charge in [-0.05, 0) is 0 Å². The van der Waals surface area contributed by atoms with Gasteiger partial charge < -0.3 is 0 Å². The molecule has 0 fully saturated rings. The zero-order valence-electron chi connectivity index (χ0n) is 29.4. The fourth-order valence-electron chi connectivity index (χ4n) is 9.79. The molecule has 2 nitrogen and oxygen atoms in total. The van der Waals surface area contributed by atoms with Crippen LogP contribution in [0.3, 0.4) is 0 Å². The van der Waals surface area contributed by atoms with Crippen molar-refractivity contribution in [3.63, 3.8) is 0 Å². The van der Waals surface area contributed by atoms with Crippen molar-refractivity contribution < 1.29 is 0 Å². The van der Waals surface area contributed by atoms with Crippen molar-refractivity contribution in [1.29, 1.82) is 0 Å². The molecule has 4 aliphatic rings. The van der Waals surface area contributed by atoms with E-state index in [1.165, 1.54) is 80.1 Å². The molecule has 248 valence electrons. The zero-order valence-corrected chi connectivity index (χ0v) is 32.1. The van der Waals surface area contributed by atoms with Gasteiger partial charge in [-0.15, -0.1) is 0 Å². The van der Waals surface area contributed by atoms with E-state index in [1.54, 1.807) is 25.8 Å². The predicted molar refractivity (Wildman–Crippen MR) is 223 cm³/mol. The van der Waals surface area contributed by atoms with Gasteiger partial charge in [0.05, 0.1) is 0 Å². The maximum absolute atomic E-state index is 2.62. The number of nitrogens with zero attached hydrogens (tertiary/aromatic N) is 2. The first-order chi connectivity index (χ1) is 25.2. The van der Waals surface area contributed by atoms with E-state index in [-0.39, 0.29) is 21.7 Å². The van der Waals surface area contributed by atoms with Crippen LogP contribution in [0.2, 0.25) is 12.1 Å². The standard InChI is InChI=1S/C46H41BN2SeSi/c1-3-51(4-2)44-29-26-33(32-16-7-5-8-17-32)30-37(44)47-36-28-27-35(31-43(36)50-42-24-15-25-45(51)46(42)47)49-40-22-13-11-20-38(40)48(34-18-9-6-10-19-34)39-21-12-14-23-41(39)49/h5-11,13,15-20,22,24-31H,3-4,12,14,21,23H2,1-2H3. The average Bonchev–Trinajstić information content (AvgIpc) is 3.20. The first kappa shape index (κ1) is 31.2. The second-order valence-electron chi connectivity index (χ2n) is 14.5. The van der Waals surface area contributed by atoms with Crippen molar-refractivity contribution in [2.75, 3.05) is 9.80 Å². The normalized spacial score (nSPS) is 16.5. The van der Waals surface area contributed by atoms with E-state index in [9.17, 15) is 0 Å². The molecule has 0 amide bonds. The number of benzene rings is 6. The van der Waals surface area contributed by atoms with Crippen molar-refractivity contribution in [2.24, 2.45) is 0 Å². The van der Waals surface area contributed by atoms with Crippen LogP contribution in [0.1, 0.15) is 39.5 Å². The molecule has 0 saturated carbocycles. The van der Waals surface area contributed by atoms with Crippen LogP contribution in [0.4, 0.5) is 22.7 Å². The van der Waals surface area contributed by atoms with E-state index in [1.807, 2.05) is 0 Å². The summed E-state index contributed by atoms with van der Waals surface area (Å²) in [7, 11) is -1.91. The van der Waals surface area contributed by atoms with E-state index in [0.29, 0.717) is 0 Å². The van der Waals surface area contributed by atoms with Gasteiger partial charge in [0.1, 0.15) is 0 Å². The first-order valence-electron chi connectivity index (χ1n) is 18.8. The molecule has 0 radical (unpaired) electrons. The summed E-state index contributed by atoms with van der Waals surface area (Å²) in [6.45, 7) is 5.20. The number of hydrogen-bond donors (Lipinski definition) is 0. The number of rotatable bonds is 5. The number of anilines is 4. The van der Waals surface area contributed by atoms with Crippen molar-refractivity contribution in [3.8, 4) is 11.1 Å². The fourth-order valence-corrected chi connectivity index (χ4v) is 17.2. The van der Waals surface area contributed by atoms with Gasteiger partial charge in [0.2, 0.25) is 0 Å². The van der Waals surface area contributed by atoms with Gasteiger partial charge in [0.25, 0.3) is 0 Å². The molecule has 6 aromatic carbocycles. The van der Waals surface area contributed by atoms with Crippen LogP contribution in [0.25, 0.3) is 11.1 Å². The van der Waals surface area contributed by atoms with E-state index >= 15 is 0 Å². The van der Waals surface area contributed by atoms with Crippen LogP contribution in [-0.2, 0) is 0 Å². The van der Waals surface area contributed by atoms with Gasteiger partial charge in [-0.2, -0.15) is 0 Å². The minimum atomic E-state index is -1.91. The Hall–Kier alpha value is -4.54. The Morgan fingerprint density at radius 1 is 0.549 bits per heavy atom. The van der Waals surface area contributed by atoms with Crippen molar-refractivity contribution >= 4 is 88.2 Å². The molecule has 0 N–H and O–H groups in total. The molecule has 0 saturated heterocycles. The van der Waals surface area contributed by atoms with Crippen LogP contribution < -0.4 is 45.5 Å². The van der Waals surface area contributed by atoms with Gasteiger partial charge in [-0.25, -0.2) is 0 Å². The molecule has 3 aliphatic heterocycles. The molecule has 5 heteroatoms. The van der Waals surface area contributed by atoms with E-state index in [4.69, 9.17) is 0 Å². The summed E-state index contributed by atoms with van der Waals surface area (Å²) in [6.07, 6.45) is 4.66. The van der Waals surface area contributed by atoms with Gasteiger partial charge in [-0.1, -0.05) is 0 Å². The Balaban J connectivity index is 1.16. The van der Waals surface area contributed by atoms with Crippen LogP contribution in [0.5, 0.6) is 0 Å². The first-order valence-corrected chi connectivity index (χ1v) is 22.9. The fraction of sp³-hybridized carbons (Fsp3) is 0.174. The number of para-hydroxylation sites is 3. The van der Waals surface area contributed by atoms with Gasteiger partial charge in [0, 0.05) is 0 Å². The van der Waals surface area contributed by atoms with Gasteiger partial charge in [0.15, 0.2) is 0 Å². The van der Waals surface area contributed by atoms with E-state index < -0.39 is 8.07 Å². The van der Waals surface area contributed by atoms with E-state index in [2.05, 4.69) is 163 Å². The Labute approximate surface area is 310 Å². The molecule has 3 heterocycles. The molecular weight excluding hydrogens is 698 g/mol. The minimum absolute atomic E-state index is 0.235. The Bertz CT molecular complexity index is 2350. The molecule has 0 aromatic heterocycles. The zero-order chi connectivity index (χ0) is 34.1. The number of allylic oxidation sites excluding steroid dienone is 2. The van der Waals surface area contributed by atoms with Gasteiger partial charge in [-0.3, -0.25) is 0 Å². The van der Waals surface area contributed by atoms with Crippen LogP contribution >= 0.6 is 0 Å². The molecule has 1 aliphatic carbocycles. The Morgan fingerprint density at radius 3 is 1.92 bits per heavy atom. The third-order valence-electron chi connectivity index (χ3n) is 12.2. The molecule has 10 rings (SSSR count).